The molecule has 0 heterocycles. The van der Waals surface area contributed by atoms with Gasteiger partial charge in [0.25, 0.3) is 15.9 Å². The zero-order chi connectivity index (χ0) is 22.3. The normalized spacial score (nSPS) is 11.4. The number of nitrogens with one attached hydrogen (secondary N) is 1. The van der Waals surface area contributed by atoms with Gasteiger partial charge in [-0.2, -0.15) is 5.10 Å². The van der Waals surface area contributed by atoms with Crippen molar-refractivity contribution in [1.29, 1.82) is 0 Å². The van der Waals surface area contributed by atoms with E-state index in [-0.39, 0.29) is 4.90 Å². The van der Waals surface area contributed by atoms with Crippen LogP contribution in [0.5, 0.6) is 0 Å². The Labute approximate surface area is 187 Å². The molecular weight excluding hydrogens is 434 g/mol. The molecule has 0 aromatic heterocycles. The van der Waals surface area contributed by atoms with E-state index < -0.39 is 22.5 Å². The van der Waals surface area contributed by atoms with E-state index in [0.717, 1.165) is 9.87 Å². The lowest BCUT2D eigenvalue weighted by Gasteiger charge is -2.25. The SMILES string of the molecule is CCc1ccccc1N(CC(=O)N/N=C\c1cccc(Cl)c1)S(=O)(=O)c1ccccc1. The maximum absolute atomic E-state index is 13.4. The molecule has 1 N–H and O–H groups in total. The number of halogens is 1. The summed E-state index contributed by atoms with van der Waals surface area (Å²) < 4.78 is 27.8. The van der Waals surface area contributed by atoms with Gasteiger partial charge in [0.1, 0.15) is 6.54 Å². The van der Waals surface area contributed by atoms with Crippen molar-refractivity contribution in [2.24, 2.45) is 5.10 Å². The van der Waals surface area contributed by atoms with Crippen LogP contribution in [0.25, 0.3) is 0 Å². The number of benzene rings is 3. The van der Waals surface area contributed by atoms with Crippen LogP contribution in [-0.4, -0.2) is 27.1 Å². The Morgan fingerprint density at radius 1 is 1.03 bits per heavy atom. The highest BCUT2D eigenvalue weighted by molar-refractivity contribution is 7.92. The van der Waals surface area contributed by atoms with Crippen LogP contribution in [0.1, 0.15) is 18.1 Å². The first kappa shape index (κ1) is 22.5. The summed E-state index contributed by atoms with van der Waals surface area (Å²) in [7, 11) is -3.96. The number of anilines is 1. The molecule has 1 amide bonds. The molecule has 0 saturated carbocycles. The van der Waals surface area contributed by atoms with E-state index in [4.69, 9.17) is 11.6 Å². The van der Waals surface area contributed by atoms with Gasteiger partial charge in [0.2, 0.25) is 0 Å². The summed E-state index contributed by atoms with van der Waals surface area (Å²) in [5.41, 5.74) is 4.38. The molecule has 6 nitrogen and oxygen atoms in total. The Morgan fingerprint density at radius 3 is 2.45 bits per heavy atom. The van der Waals surface area contributed by atoms with Crippen molar-refractivity contribution in [1.82, 2.24) is 5.43 Å². The maximum atomic E-state index is 13.4. The number of para-hydroxylation sites is 1. The van der Waals surface area contributed by atoms with Gasteiger partial charge in [-0.3, -0.25) is 9.10 Å². The van der Waals surface area contributed by atoms with Gasteiger partial charge in [-0.1, -0.05) is 67.1 Å². The molecule has 31 heavy (non-hydrogen) atoms. The number of aryl methyl sites for hydroxylation is 1. The number of carbonyl (C=O) groups excluding carboxylic acids is 1. The second-order valence-corrected chi connectivity index (χ2v) is 8.95. The molecule has 160 valence electrons. The molecule has 0 atom stereocenters. The summed E-state index contributed by atoms with van der Waals surface area (Å²) in [6.45, 7) is 1.52. The van der Waals surface area contributed by atoms with E-state index in [9.17, 15) is 13.2 Å². The third-order valence-electron chi connectivity index (χ3n) is 4.51. The molecule has 0 unspecified atom stereocenters. The minimum absolute atomic E-state index is 0.108. The fraction of sp³-hybridized carbons (Fsp3) is 0.130. The van der Waals surface area contributed by atoms with Crippen LogP contribution in [0.2, 0.25) is 5.02 Å². The number of carbonyl (C=O) groups is 1. The monoisotopic (exact) mass is 455 g/mol. The summed E-state index contributed by atoms with van der Waals surface area (Å²) in [5.74, 6) is -0.566. The first-order valence-electron chi connectivity index (χ1n) is 9.65. The Hall–Kier alpha value is -3.16. The van der Waals surface area contributed by atoms with Crippen molar-refractivity contribution in [2.45, 2.75) is 18.2 Å². The van der Waals surface area contributed by atoms with E-state index in [1.807, 2.05) is 19.1 Å². The molecule has 0 aliphatic carbocycles. The van der Waals surface area contributed by atoms with Gasteiger partial charge in [0.05, 0.1) is 16.8 Å². The van der Waals surface area contributed by atoms with Gasteiger partial charge in [0.15, 0.2) is 0 Å². The van der Waals surface area contributed by atoms with Crippen molar-refractivity contribution < 1.29 is 13.2 Å². The van der Waals surface area contributed by atoms with Crippen LogP contribution in [0.3, 0.4) is 0 Å². The molecule has 0 aliphatic heterocycles. The first-order valence-corrected chi connectivity index (χ1v) is 11.5. The smallest absolute Gasteiger partial charge is 0.264 e. The fourth-order valence-corrected chi connectivity index (χ4v) is 4.68. The highest BCUT2D eigenvalue weighted by atomic mass is 35.5. The number of rotatable bonds is 8. The van der Waals surface area contributed by atoms with Crippen molar-refractivity contribution in [2.75, 3.05) is 10.8 Å². The molecule has 3 aromatic rings. The average molecular weight is 456 g/mol. The molecule has 0 saturated heterocycles. The predicted molar refractivity (Wildman–Crippen MR) is 124 cm³/mol. The van der Waals surface area contributed by atoms with Gasteiger partial charge in [-0.25, -0.2) is 13.8 Å². The predicted octanol–water partition coefficient (Wildman–Crippen LogP) is 4.25. The second-order valence-electron chi connectivity index (χ2n) is 6.66. The van der Waals surface area contributed by atoms with E-state index in [0.29, 0.717) is 22.7 Å². The molecular formula is C23H22ClN3O3S. The molecule has 3 aromatic carbocycles. The summed E-state index contributed by atoms with van der Waals surface area (Å²) in [4.78, 5) is 12.7. The van der Waals surface area contributed by atoms with Crippen LogP contribution in [0.15, 0.2) is 88.9 Å². The largest absolute Gasteiger partial charge is 0.271 e. The second kappa shape index (κ2) is 10.2. The van der Waals surface area contributed by atoms with E-state index in [2.05, 4.69) is 10.5 Å². The van der Waals surface area contributed by atoms with E-state index in [1.54, 1.807) is 54.6 Å². The highest BCUT2D eigenvalue weighted by Crippen LogP contribution is 2.27. The van der Waals surface area contributed by atoms with Crippen LogP contribution in [0, 0.1) is 0 Å². The van der Waals surface area contributed by atoms with Crippen molar-refractivity contribution in [3.8, 4) is 0 Å². The van der Waals surface area contributed by atoms with Gasteiger partial charge in [-0.15, -0.1) is 0 Å². The Morgan fingerprint density at radius 2 is 1.74 bits per heavy atom. The van der Waals surface area contributed by atoms with Gasteiger partial charge < -0.3 is 0 Å². The molecule has 0 aliphatic rings. The number of hydrogen-bond donors (Lipinski definition) is 1. The van der Waals surface area contributed by atoms with Gasteiger partial charge in [0, 0.05) is 5.02 Å². The Balaban J connectivity index is 1.87. The highest BCUT2D eigenvalue weighted by Gasteiger charge is 2.28. The lowest BCUT2D eigenvalue weighted by atomic mass is 10.1. The third-order valence-corrected chi connectivity index (χ3v) is 6.52. The zero-order valence-corrected chi connectivity index (χ0v) is 18.5. The quantitative estimate of drug-likeness (QED) is 0.407. The van der Waals surface area contributed by atoms with Crippen LogP contribution >= 0.6 is 11.6 Å². The molecule has 3 rings (SSSR count). The molecule has 0 radical (unpaired) electrons. The number of nitrogens with zero attached hydrogens (tertiary/aromatic N) is 2. The summed E-state index contributed by atoms with van der Waals surface area (Å²) in [6, 6.07) is 22.1. The van der Waals surface area contributed by atoms with E-state index >= 15 is 0 Å². The molecule has 0 spiro atoms. The third kappa shape index (κ3) is 5.71. The minimum Gasteiger partial charge on any atom is -0.271 e. The van der Waals surface area contributed by atoms with Crippen molar-refractivity contribution in [3.05, 3.63) is 95.0 Å². The zero-order valence-electron chi connectivity index (χ0n) is 16.9. The van der Waals surface area contributed by atoms with Crippen LogP contribution in [-0.2, 0) is 21.2 Å². The molecule has 0 fully saturated rings. The summed E-state index contributed by atoms with van der Waals surface area (Å²) in [5, 5.41) is 4.47. The lowest BCUT2D eigenvalue weighted by Crippen LogP contribution is -2.40. The Bertz CT molecular complexity index is 1180. The van der Waals surface area contributed by atoms with Gasteiger partial charge >= 0.3 is 0 Å². The van der Waals surface area contributed by atoms with Crippen LogP contribution < -0.4 is 9.73 Å². The average Bonchev–Trinajstić information content (AvgIpc) is 2.78. The fourth-order valence-electron chi connectivity index (χ4n) is 3.00. The van der Waals surface area contributed by atoms with Crippen molar-refractivity contribution in [3.63, 3.8) is 0 Å². The van der Waals surface area contributed by atoms with Crippen LogP contribution in [0.4, 0.5) is 5.69 Å². The molecule has 8 heteroatoms. The number of hydrogen-bond acceptors (Lipinski definition) is 4. The number of sulfonamides is 1. The Kier molecular flexibility index (Phi) is 7.44. The molecule has 0 bridgehead atoms. The standard InChI is InChI=1S/C23H22ClN3O3S/c1-2-19-10-6-7-14-22(19)27(31(29,30)21-12-4-3-5-13-21)17-23(28)26-25-16-18-9-8-11-20(24)15-18/h3-16H,2,17H2,1H3,(H,26,28)/b25-16-. The van der Waals surface area contributed by atoms with Gasteiger partial charge in [-0.05, 0) is 47.9 Å². The van der Waals surface area contributed by atoms with Crippen molar-refractivity contribution >= 4 is 39.4 Å². The maximum Gasteiger partial charge on any atom is 0.264 e. The number of amides is 1. The topological polar surface area (TPSA) is 78.8 Å². The van der Waals surface area contributed by atoms with E-state index in [1.165, 1.54) is 18.3 Å². The minimum atomic E-state index is -3.96. The first-order chi connectivity index (χ1) is 14.9. The summed E-state index contributed by atoms with van der Waals surface area (Å²) in [6.07, 6.45) is 2.06. The lowest BCUT2D eigenvalue weighted by molar-refractivity contribution is -0.119. The number of hydrazone groups is 1. The summed E-state index contributed by atoms with van der Waals surface area (Å²) >= 11 is 5.94.